The van der Waals surface area contributed by atoms with Crippen LogP contribution in [-0.4, -0.2) is 38.8 Å². The average Bonchev–Trinajstić information content (AvgIpc) is 2.98. The number of sulfonamides is 1. The molecule has 1 saturated heterocycles. The van der Waals surface area contributed by atoms with E-state index in [0.717, 1.165) is 38.5 Å². The van der Waals surface area contributed by atoms with E-state index in [9.17, 15) is 13.2 Å². The molecule has 148 valence electrons. The minimum Gasteiger partial charge on any atom is -0.495 e. The van der Waals surface area contributed by atoms with Gasteiger partial charge in [-0.1, -0.05) is 25.0 Å². The SMILES string of the molecule is COc1ccc(S(=O)(=O)N2CCCCCC2)cc1NC(=O)C1CC=CCC1. The second kappa shape index (κ2) is 8.89. The van der Waals surface area contributed by atoms with Gasteiger partial charge in [0.05, 0.1) is 17.7 Å². The van der Waals surface area contributed by atoms with E-state index in [4.69, 9.17) is 4.74 Å². The van der Waals surface area contributed by atoms with E-state index in [0.29, 0.717) is 30.9 Å². The van der Waals surface area contributed by atoms with Crippen molar-refractivity contribution in [1.29, 1.82) is 0 Å². The Balaban J connectivity index is 1.84. The maximum atomic E-state index is 13.0. The van der Waals surface area contributed by atoms with Crippen molar-refractivity contribution in [2.45, 2.75) is 49.8 Å². The summed E-state index contributed by atoms with van der Waals surface area (Å²) in [6, 6.07) is 4.69. The van der Waals surface area contributed by atoms with Crippen LogP contribution in [0.2, 0.25) is 0 Å². The van der Waals surface area contributed by atoms with Crippen LogP contribution < -0.4 is 10.1 Å². The smallest absolute Gasteiger partial charge is 0.243 e. The van der Waals surface area contributed by atoms with Gasteiger partial charge < -0.3 is 10.1 Å². The Morgan fingerprint density at radius 2 is 1.89 bits per heavy atom. The number of allylic oxidation sites excluding steroid dienone is 2. The van der Waals surface area contributed by atoms with Crippen molar-refractivity contribution in [2.75, 3.05) is 25.5 Å². The van der Waals surface area contributed by atoms with Crippen molar-refractivity contribution in [3.8, 4) is 5.75 Å². The van der Waals surface area contributed by atoms with Gasteiger partial charge >= 0.3 is 0 Å². The fourth-order valence-electron chi connectivity index (χ4n) is 3.64. The number of ether oxygens (including phenoxy) is 1. The zero-order valence-corrected chi connectivity index (χ0v) is 16.6. The number of rotatable bonds is 5. The van der Waals surface area contributed by atoms with E-state index in [1.165, 1.54) is 13.2 Å². The summed E-state index contributed by atoms with van der Waals surface area (Å²) >= 11 is 0. The minimum absolute atomic E-state index is 0.0921. The van der Waals surface area contributed by atoms with Crippen LogP contribution in [0.4, 0.5) is 5.69 Å². The summed E-state index contributed by atoms with van der Waals surface area (Å²) in [6.07, 6.45) is 10.4. The lowest BCUT2D eigenvalue weighted by Gasteiger charge is -2.22. The number of hydrogen-bond acceptors (Lipinski definition) is 4. The number of benzene rings is 1. The Morgan fingerprint density at radius 3 is 2.52 bits per heavy atom. The van der Waals surface area contributed by atoms with Crippen LogP contribution >= 0.6 is 0 Å². The van der Waals surface area contributed by atoms with Crippen LogP contribution in [0.1, 0.15) is 44.9 Å². The molecule has 1 amide bonds. The molecule has 0 aromatic heterocycles. The van der Waals surface area contributed by atoms with Crippen LogP contribution in [0.3, 0.4) is 0 Å². The Hall–Kier alpha value is -1.86. The summed E-state index contributed by atoms with van der Waals surface area (Å²) in [5.41, 5.74) is 0.410. The van der Waals surface area contributed by atoms with E-state index in [2.05, 4.69) is 11.4 Å². The zero-order chi connectivity index (χ0) is 19.3. The van der Waals surface area contributed by atoms with E-state index in [1.807, 2.05) is 6.08 Å². The monoisotopic (exact) mass is 392 g/mol. The molecule has 1 aliphatic carbocycles. The molecular formula is C20H28N2O4S. The lowest BCUT2D eigenvalue weighted by molar-refractivity contribution is -0.120. The number of methoxy groups -OCH3 is 1. The molecule has 1 aromatic rings. The third-order valence-electron chi connectivity index (χ3n) is 5.27. The molecule has 3 rings (SSSR count). The molecule has 0 spiro atoms. The summed E-state index contributed by atoms with van der Waals surface area (Å²) in [7, 11) is -2.07. The summed E-state index contributed by atoms with van der Waals surface area (Å²) < 4.78 is 33.0. The molecule has 0 bridgehead atoms. The zero-order valence-electron chi connectivity index (χ0n) is 15.8. The first-order valence-electron chi connectivity index (χ1n) is 9.66. The molecule has 0 radical (unpaired) electrons. The Bertz CT molecular complexity index is 796. The predicted molar refractivity (Wildman–Crippen MR) is 105 cm³/mol. The molecule has 1 atom stereocenters. The van der Waals surface area contributed by atoms with E-state index >= 15 is 0 Å². The minimum atomic E-state index is -3.58. The highest BCUT2D eigenvalue weighted by Crippen LogP contribution is 2.31. The highest BCUT2D eigenvalue weighted by Gasteiger charge is 2.27. The maximum absolute atomic E-state index is 13.0. The molecule has 1 heterocycles. The molecule has 27 heavy (non-hydrogen) atoms. The predicted octanol–water partition coefficient (Wildman–Crippen LogP) is 3.55. The van der Waals surface area contributed by atoms with Gasteiger partial charge in [0.15, 0.2) is 0 Å². The fourth-order valence-corrected chi connectivity index (χ4v) is 5.19. The second-order valence-electron chi connectivity index (χ2n) is 7.15. The average molecular weight is 393 g/mol. The first kappa shape index (κ1) is 19.9. The first-order valence-corrected chi connectivity index (χ1v) is 11.1. The molecule has 1 fully saturated rings. The summed E-state index contributed by atoms with van der Waals surface area (Å²) in [4.78, 5) is 12.8. The van der Waals surface area contributed by atoms with Crippen molar-refractivity contribution < 1.29 is 17.9 Å². The molecular weight excluding hydrogens is 364 g/mol. The molecule has 0 saturated carbocycles. The number of carbonyl (C=O) groups excluding carboxylic acids is 1. The van der Waals surface area contributed by atoms with E-state index in [1.54, 1.807) is 16.4 Å². The standard InChI is InChI=1S/C20H28N2O4S/c1-26-19-12-11-17(27(24,25)22-13-7-2-3-8-14-22)15-18(19)21-20(23)16-9-5-4-6-10-16/h4-5,11-12,15-16H,2-3,6-10,13-14H2,1H3,(H,21,23). The summed E-state index contributed by atoms with van der Waals surface area (Å²) in [5.74, 6) is 0.275. The van der Waals surface area contributed by atoms with Gasteiger partial charge in [-0.15, -0.1) is 0 Å². The third-order valence-corrected chi connectivity index (χ3v) is 7.17. The largest absolute Gasteiger partial charge is 0.495 e. The van der Waals surface area contributed by atoms with Crippen molar-refractivity contribution in [1.82, 2.24) is 4.31 Å². The van der Waals surface area contributed by atoms with Gasteiger partial charge in [-0.25, -0.2) is 8.42 Å². The van der Waals surface area contributed by atoms with E-state index in [-0.39, 0.29) is 16.7 Å². The van der Waals surface area contributed by atoms with Gasteiger partial charge in [0.2, 0.25) is 15.9 Å². The number of nitrogens with one attached hydrogen (secondary N) is 1. The summed E-state index contributed by atoms with van der Waals surface area (Å²) in [5, 5.41) is 2.88. The van der Waals surface area contributed by atoms with Crippen molar-refractivity contribution in [3.05, 3.63) is 30.4 Å². The first-order chi connectivity index (χ1) is 13.0. The highest BCUT2D eigenvalue weighted by atomic mass is 32.2. The van der Waals surface area contributed by atoms with Gasteiger partial charge in [0.1, 0.15) is 5.75 Å². The van der Waals surface area contributed by atoms with Crippen molar-refractivity contribution in [2.24, 2.45) is 5.92 Å². The summed E-state index contributed by atoms with van der Waals surface area (Å²) in [6.45, 7) is 1.09. The Morgan fingerprint density at radius 1 is 1.15 bits per heavy atom. The molecule has 1 aromatic carbocycles. The molecule has 6 nitrogen and oxygen atoms in total. The van der Waals surface area contributed by atoms with Crippen LogP contribution in [0.15, 0.2) is 35.2 Å². The van der Waals surface area contributed by atoms with Gasteiger partial charge in [-0.3, -0.25) is 4.79 Å². The molecule has 1 unspecified atom stereocenters. The molecule has 7 heteroatoms. The Labute approximate surface area is 161 Å². The molecule has 1 N–H and O–H groups in total. The van der Waals surface area contributed by atoms with Crippen molar-refractivity contribution >= 4 is 21.6 Å². The van der Waals surface area contributed by atoms with Gasteiger partial charge in [0.25, 0.3) is 0 Å². The second-order valence-corrected chi connectivity index (χ2v) is 9.09. The van der Waals surface area contributed by atoms with Gasteiger partial charge in [-0.2, -0.15) is 4.31 Å². The van der Waals surface area contributed by atoms with Crippen LogP contribution in [0.5, 0.6) is 5.75 Å². The van der Waals surface area contributed by atoms with Crippen LogP contribution in [-0.2, 0) is 14.8 Å². The number of anilines is 1. The number of hydrogen-bond donors (Lipinski definition) is 1. The highest BCUT2D eigenvalue weighted by molar-refractivity contribution is 7.89. The van der Waals surface area contributed by atoms with Gasteiger partial charge in [0, 0.05) is 19.0 Å². The number of carbonyl (C=O) groups is 1. The van der Waals surface area contributed by atoms with Crippen LogP contribution in [0.25, 0.3) is 0 Å². The maximum Gasteiger partial charge on any atom is 0.243 e. The van der Waals surface area contributed by atoms with Crippen molar-refractivity contribution in [3.63, 3.8) is 0 Å². The number of amides is 1. The Kier molecular flexibility index (Phi) is 6.55. The normalized spacial score (nSPS) is 21.4. The lowest BCUT2D eigenvalue weighted by Crippen LogP contribution is -2.32. The third kappa shape index (κ3) is 4.71. The van der Waals surface area contributed by atoms with Crippen LogP contribution in [0, 0.1) is 5.92 Å². The number of nitrogens with zero attached hydrogens (tertiary/aromatic N) is 1. The topological polar surface area (TPSA) is 75.7 Å². The quantitative estimate of drug-likeness (QED) is 0.778. The fraction of sp³-hybridized carbons (Fsp3) is 0.550. The molecule has 1 aliphatic heterocycles. The molecule has 2 aliphatic rings. The van der Waals surface area contributed by atoms with Gasteiger partial charge in [-0.05, 0) is 50.3 Å². The lowest BCUT2D eigenvalue weighted by atomic mass is 9.93. The van der Waals surface area contributed by atoms with E-state index < -0.39 is 10.0 Å².